The van der Waals surface area contributed by atoms with E-state index < -0.39 is 24.5 Å². The molecule has 0 aliphatic heterocycles. The lowest BCUT2D eigenvalue weighted by atomic mass is 10.2. The van der Waals surface area contributed by atoms with Gasteiger partial charge in [-0.1, -0.05) is 18.2 Å². The summed E-state index contributed by atoms with van der Waals surface area (Å²) in [4.78, 5) is 23.0. The summed E-state index contributed by atoms with van der Waals surface area (Å²) in [6, 6.07) is 7.43. The van der Waals surface area contributed by atoms with Gasteiger partial charge in [0.1, 0.15) is 0 Å². The van der Waals surface area contributed by atoms with E-state index in [4.69, 9.17) is 9.84 Å². The number of hydrogen-bond acceptors (Lipinski definition) is 4. The molecule has 5 nitrogen and oxygen atoms in total. The van der Waals surface area contributed by atoms with Crippen LogP contribution in [0.4, 0.5) is 0 Å². The van der Waals surface area contributed by atoms with Crippen LogP contribution in [0.3, 0.4) is 0 Å². The third-order valence-corrected chi connectivity index (χ3v) is 2.09. The monoisotopic (exact) mass is 237 g/mol. The molecule has 0 aliphatic carbocycles. The number of carbonyl (C=O) groups excluding carboxylic acids is 2. The number of aliphatic hydroxyl groups excluding tert-OH is 1. The molecule has 2 N–H and O–H groups in total. The Balaban J connectivity index is 2.63. The predicted octanol–water partition coefficient (Wildman–Crippen LogP) is 0.340. The van der Waals surface area contributed by atoms with E-state index in [1.807, 2.05) is 0 Å². The lowest BCUT2D eigenvalue weighted by Gasteiger charge is -2.14. The lowest BCUT2D eigenvalue weighted by molar-refractivity contribution is -0.146. The molecule has 1 aromatic rings. The Labute approximate surface area is 99.4 Å². The summed E-state index contributed by atoms with van der Waals surface area (Å²) in [5, 5.41) is 11.4. The molecule has 1 amide bonds. The highest BCUT2D eigenvalue weighted by atomic mass is 16.5. The summed E-state index contributed by atoms with van der Waals surface area (Å²) >= 11 is 0. The van der Waals surface area contributed by atoms with Crippen molar-refractivity contribution in [2.75, 3.05) is 13.2 Å². The van der Waals surface area contributed by atoms with E-state index in [2.05, 4.69) is 5.32 Å². The van der Waals surface area contributed by atoms with Gasteiger partial charge in [-0.15, -0.1) is 0 Å². The maximum Gasteiger partial charge on any atom is 0.331 e. The van der Waals surface area contributed by atoms with Crippen LogP contribution >= 0.6 is 0 Å². The minimum absolute atomic E-state index is 0.205. The van der Waals surface area contributed by atoms with Crippen LogP contribution in [0.1, 0.15) is 17.3 Å². The van der Waals surface area contributed by atoms with Gasteiger partial charge in [0, 0.05) is 5.56 Å². The molecule has 0 aliphatic rings. The third-order valence-electron chi connectivity index (χ3n) is 2.09. The maximum atomic E-state index is 11.7. The largest absolute Gasteiger partial charge is 0.464 e. The van der Waals surface area contributed by atoms with Crippen LogP contribution in [0, 0.1) is 0 Å². The summed E-state index contributed by atoms with van der Waals surface area (Å²) in [5.41, 5.74) is 0.426. The normalized spacial score (nSPS) is 11.6. The second-order valence-electron chi connectivity index (χ2n) is 3.33. The summed E-state index contributed by atoms with van der Waals surface area (Å²) in [5.74, 6) is -1.06. The highest BCUT2D eigenvalue weighted by Gasteiger charge is 2.21. The van der Waals surface area contributed by atoms with Crippen LogP contribution in [-0.4, -0.2) is 36.2 Å². The first-order chi connectivity index (χ1) is 8.19. The van der Waals surface area contributed by atoms with E-state index in [0.717, 1.165) is 0 Å². The molecule has 0 aromatic heterocycles. The molecule has 1 aromatic carbocycles. The zero-order chi connectivity index (χ0) is 12.7. The van der Waals surface area contributed by atoms with Crippen molar-refractivity contribution >= 4 is 11.9 Å². The number of aliphatic hydroxyl groups is 1. The zero-order valence-corrected chi connectivity index (χ0v) is 9.55. The number of ether oxygens (including phenoxy) is 1. The average Bonchev–Trinajstić information content (AvgIpc) is 2.37. The Morgan fingerprint density at radius 2 is 2.00 bits per heavy atom. The Kier molecular flexibility index (Phi) is 5.16. The van der Waals surface area contributed by atoms with Crippen molar-refractivity contribution in [2.24, 2.45) is 0 Å². The fourth-order valence-corrected chi connectivity index (χ4v) is 1.25. The quantitative estimate of drug-likeness (QED) is 0.724. The Morgan fingerprint density at radius 1 is 1.35 bits per heavy atom. The molecule has 1 rings (SSSR count). The summed E-state index contributed by atoms with van der Waals surface area (Å²) in [7, 11) is 0. The molecule has 0 saturated heterocycles. The number of hydrogen-bond donors (Lipinski definition) is 2. The molecule has 0 bridgehead atoms. The summed E-state index contributed by atoms with van der Waals surface area (Å²) in [6.45, 7) is 1.37. The number of esters is 1. The first kappa shape index (κ1) is 13.2. The highest BCUT2D eigenvalue weighted by molar-refractivity contribution is 5.96. The van der Waals surface area contributed by atoms with Crippen molar-refractivity contribution in [1.82, 2.24) is 5.32 Å². The minimum atomic E-state index is -1.03. The van der Waals surface area contributed by atoms with Gasteiger partial charge in [-0.2, -0.15) is 0 Å². The molecule has 0 spiro atoms. The fourth-order valence-electron chi connectivity index (χ4n) is 1.25. The van der Waals surface area contributed by atoms with E-state index in [-0.39, 0.29) is 6.61 Å². The number of carbonyl (C=O) groups is 2. The topological polar surface area (TPSA) is 75.6 Å². The smallest absolute Gasteiger partial charge is 0.331 e. The van der Waals surface area contributed by atoms with E-state index >= 15 is 0 Å². The first-order valence-electron chi connectivity index (χ1n) is 5.32. The van der Waals surface area contributed by atoms with Crippen LogP contribution in [0.5, 0.6) is 0 Å². The fraction of sp³-hybridized carbons (Fsp3) is 0.333. The molecule has 0 unspecified atom stereocenters. The van der Waals surface area contributed by atoms with Gasteiger partial charge in [-0.3, -0.25) is 4.79 Å². The number of benzene rings is 1. The van der Waals surface area contributed by atoms with Gasteiger partial charge in [-0.05, 0) is 19.1 Å². The zero-order valence-electron chi connectivity index (χ0n) is 9.55. The molecule has 0 fully saturated rings. The van der Waals surface area contributed by atoms with Crippen LogP contribution in [0.15, 0.2) is 30.3 Å². The van der Waals surface area contributed by atoms with Gasteiger partial charge in [0.2, 0.25) is 0 Å². The van der Waals surface area contributed by atoms with Crippen molar-refractivity contribution in [2.45, 2.75) is 13.0 Å². The molecule has 0 heterocycles. The summed E-state index contributed by atoms with van der Waals surface area (Å²) in [6.07, 6.45) is 0. The first-order valence-corrected chi connectivity index (χ1v) is 5.32. The van der Waals surface area contributed by atoms with Crippen LogP contribution in [-0.2, 0) is 9.53 Å². The molecule has 5 heteroatoms. The number of amides is 1. The van der Waals surface area contributed by atoms with Gasteiger partial charge in [-0.25, -0.2) is 4.79 Å². The number of nitrogens with one attached hydrogen (secondary N) is 1. The molecule has 1 atom stereocenters. The van der Waals surface area contributed by atoms with Gasteiger partial charge in [0.05, 0.1) is 13.2 Å². The third kappa shape index (κ3) is 3.88. The molecular weight excluding hydrogens is 222 g/mol. The summed E-state index contributed by atoms with van der Waals surface area (Å²) < 4.78 is 4.72. The van der Waals surface area contributed by atoms with Crippen LogP contribution in [0.25, 0.3) is 0 Å². The van der Waals surface area contributed by atoms with E-state index in [1.165, 1.54) is 0 Å². The van der Waals surface area contributed by atoms with Gasteiger partial charge in [0.15, 0.2) is 6.04 Å². The van der Waals surface area contributed by atoms with Gasteiger partial charge >= 0.3 is 5.97 Å². The van der Waals surface area contributed by atoms with Gasteiger partial charge < -0.3 is 15.2 Å². The SMILES string of the molecule is CCOC(=O)[C@H](CO)NC(=O)c1ccccc1. The molecule has 92 valence electrons. The van der Waals surface area contributed by atoms with Crippen molar-refractivity contribution in [3.63, 3.8) is 0 Å². The van der Waals surface area contributed by atoms with Gasteiger partial charge in [0.25, 0.3) is 5.91 Å². The standard InChI is InChI=1S/C12H15NO4/c1-2-17-12(16)10(8-14)13-11(15)9-6-4-3-5-7-9/h3-7,10,14H,2,8H2,1H3,(H,13,15)/t10-/m0/s1. The minimum Gasteiger partial charge on any atom is -0.464 e. The molecule has 0 saturated carbocycles. The van der Waals surface area contributed by atoms with Crippen molar-refractivity contribution < 1.29 is 19.4 Å². The second-order valence-corrected chi connectivity index (χ2v) is 3.33. The van der Waals surface area contributed by atoms with E-state index in [9.17, 15) is 9.59 Å². The lowest BCUT2D eigenvalue weighted by Crippen LogP contribution is -2.44. The van der Waals surface area contributed by atoms with E-state index in [1.54, 1.807) is 37.3 Å². The van der Waals surface area contributed by atoms with E-state index in [0.29, 0.717) is 5.56 Å². The predicted molar refractivity (Wildman–Crippen MR) is 61.4 cm³/mol. The molecular formula is C12H15NO4. The maximum absolute atomic E-state index is 11.7. The molecule has 0 radical (unpaired) electrons. The Morgan fingerprint density at radius 3 is 2.53 bits per heavy atom. The van der Waals surface area contributed by atoms with Crippen LogP contribution in [0.2, 0.25) is 0 Å². The Bertz CT molecular complexity index is 377. The van der Waals surface area contributed by atoms with Crippen molar-refractivity contribution in [1.29, 1.82) is 0 Å². The van der Waals surface area contributed by atoms with Crippen molar-refractivity contribution in [3.8, 4) is 0 Å². The highest BCUT2D eigenvalue weighted by Crippen LogP contribution is 1.99. The van der Waals surface area contributed by atoms with Crippen molar-refractivity contribution in [3.05, 3.63) is 35.9 Å². The average molecular weight is 237 g/mol. The number of rotatable bonds is 5. The Hall–Kier alpha value is -1.88. The second kappa shape index (κ2) is 6.65. The van der Waals surface area contributed by atoms with Crippen LogP contribution < -0.4 is 5.32 Å². The molecule has 17 heavy (non-hydrogen) atoms.